The molecule has 30 heavy (non-hydrogen) atoms. The fourth-order valence-corrected chi connectivity index (χ4v) is 3.35. The van der Waals surface area contributed by atoms with Crippen LogP contribution in [0.1, 0.15) is 23.1 Å². The van der Waals surface area contributed by atoms with Gasteiger partial charge in [0.2, 0.25) is 11.8 Å². The van der Waals surface area contributed by atoms with E-state index in [-0.39, 0.29) is 30.5 Å². The third-order valence-electron chi connectivity index (χ3n) is 5.16. The first-order valence-corrected chi connectivity index (χ1v) is 9.57. The summed E-state index contributed by atoms with van der Waals surface area (Å²) in [6.07, 6.45) is -4.25. The lowest BCUT2D eigenvalue weighted by Crippen LogP contribution is -2.32. The van der Waals surface area contributed by atoms with Crippen molar-refractivity contribution in [2.24, 2.45) is 5.92 Å². The lowest BCUT2D eigenvalue weighted by atomic mass is 10.1. The normalized spacial score (nSPS) is 16.6. The fourth-order valence-electron chi connectivity index (χ4n) is 3.35. The molecule has 1 N–H and O–H groups in total. The Kier molecular flexibility index (Phi) is 6.34. The highest BCUT2D eigenvalue weighted by Crippen LogP contribution is 2.29. The Morgan fingerprint density at radius 2 is 1.87 bits per heavy atom. The Hall–Kier alpha value is -3.03. The molecule has 1 unspecified atom stereocenters. The smallest absolute Gasteiger partial charge is 0.422 e. The van der Waals surface area contributed by atoms with Gasteiger partial charge in [-0.2, -0.15) is 13.2 Å². The minimum atomic E-state index is -4.39. The van der Waals surface area contributed by atoms with E-state index < -0.39 is 18.7 Å². The molecule has 3 rings (SSSR count). The predicted octanol–water partition coefficient (Wildman–Crippen LogP) is 3.91. The number of hydrogen-bond donors (Lipinski definition) is 1. The molecule has 160 valence electrons. The molecule has 1 aliphatic heterocycles. The van der Waals surface area contributed by atoms with Crippen LogP contribution in [0.3, 0.4) is 0 Å². The Morgan fingerprint density at radius 1 is 1.17 bits per heavy atom. The number of amides is 2. The number of carbonyl (C=O) groups is 2. The molecule has 0 bridgehead atoms. The topological polar surface area (TPSA) is 58.6 Å². The van der Waals surface area contributed by atoms with Crippen LogP contribution in [-0.2, 0) is 16.1 Å². The number of aryl methyl sites for hydroxylation is 1. The van der Waals surface area contributed by atoms with Gasteiger partial charge in [-0.05, 0) is 48.7 Å². The summed E-state index contributed by atoms with van der Waals surface area (Å²) in [6.45, 7) is 3.11. The van der Waals surface area contributed by atoms with Gasteiger partial charge >= 0.3 is 6.18 Å². The van der Waals surface area contributed by atoms with Gasteiger partial charge in [-0.25, -0.2) is 0 Å². The van der Waals surface area contributed by atoms with Crippen molar-refractivity contribution >= 4 is 17.5 Å². The van der Waals surface area contributed by atoms with E-state index in [1.807, 2.05) is 32.0 Å². The van der Waals surface area contributed by atoms with Crippen LogP contribution in [0, 0.1) is 19.8 Å². The van der Waals surface area contributed by atoms with Gasteiger partial charge in [0.05, 0.1) is 5.92 Å². The minimum absolute atomic E-state index is 0.0879. The van der Waals surface area contributed by atoms with Crippen LogP contribution in [0.2, 0.25) is 0 Å². The Bertz CT molecular complexity index is 926. The summed E-state index contributed by atoms with van der Waals surface area (Å²) in [5.74, 6) is -0.664. The van der Waals surface area contributed by atoms with Crippen molar-refractivity contribution in [3.63, 3.8) is 0 Å². The highest BCUT2D eigenvalue weighted by atomic mass is 19.4. The maximum Gasteiger partial charge on any atom is 0.422 e. The van der Waals surface area contributed by atoms with Crippen LogP contribution in [0.25, 0.3) is 0 Å². The maximum atomic E-state index is 12.5. The first-order chi connectivity index (χ1) is 14.1. The molecule has 1 saturated heterocycles. The van der Waals surface area contributed by atoms with Crippen molar-refractivity contribution in [1.82, 2.24) is 5.32 Å². The largest absolute Gasteiger partial charge is 0.484 e. The van der Waals surface area contributed by atoms with E-state index in [9.17, 15) is 22.8 Å². The van der Waals surface area contributed by atoms with Crippen molar-refractivity contribution in [1.29, 1.82) is 0 Å². The molecule has 1 fully saturated rings. The fraction of sp³-hybridized carbons (Fsp3) is 0.364. The highest BCUT2D eigenvalue weighted by Gasteiger charge is 2.35. The van der Waals surface area contributed by atoms with Gasteiger partial charge < -0.3 is 15.0 Å². The Balaban J connectivity index is 1.54. The number of nitrogens with one attached hydrogen (secondary N) is 1. The first kappa shape index (κ1) is 21.7. The molecular formula is C22H23F3N2O3. The monoisotopic (exact) mass is 420 g/mol. The number of hydrogen-bond acceptors (Lipinski definition) is 3. The van der Waals surface area contributed by atoms with E-state index in [2.05, 4.69) is 10.1 Å². The number of halogens is 3. The molecule has 2 aromatic carbocycles. The average Bonchev–Trinajstić information content (AvgIpc) is 3.08. The lowest BCUT2D eigenvalue weighted by molar-refractivity contribution is -0.153. The van der Waals surface area contributed by atoms with Gasteiger partial charge in [0.25, 0.3) is 0 Å². The van der Waals surface area contributed by atoms with Crippen LogP contribution in [0.4, 0.5) is 18.9 Å². The number of carbonyl (C=O) groups excluding carboxylic acids is 2. The van der Waals surface area contributed by atoms with Crippen LogP contribution in [-0.4, -0.2) is 31.1 Å². The second-order valence-electron chi connectivity index (χ2n) is 7.39. The molecule has 2 amide bonds. The third-order valence-corrected chi connectivity index (χ3v) is 5.16. The predicted molar refractivity (Wildman–Crippen MR) is 106 cm³/mol. The molecule has 0 radical (unpaired) electrons. The van der Waals surface area contributed by atoms with Crippen LogP contribution < -0.4 is 15.0 Å². The van der Waals surface area contributed by atoms with Gasteiger partial charge in [0.1, 0.15) is 5.75 Å². The van der Waals surface area contributed by atoms with Gasteiger partial charge in [-0.15, -0.1) is 0 Å². The standard InChI is InChI=1S/C22H23F3N2O3/c1-14-4-3-5-19(15(14)2)27-12-17(10-20(27)28)21(29)26-11-16-6-8-18(9-7-16)30-13-22(23,24)25/h3-9,17H,10-13H2,1-2H3,(H,26,29). The van der Waals surface area contributed by atoms with Crippen LogP contribution in [0.5, 0.6) is 5.75 Å². The van der Waals surface area contributed by atoms with Crippen molar-refractivity contribution in [2.75, 3.05) is 18.1 Å². The summed E-state index contributed by atoms with van der Waals surface area (Å²) >= 11 is 0. The zero-order valence-electron chi connectivity index (χ0n) is 16.8. The van der Waals surface area contributed by atoms with Gasteiger partial charge in [0, 0.05) is 25.2 Å². The average molecular weight is 420 g/mol. The molecule has 0 saturated carbocycles. The molecule has 5 nitrogen and oxygen atoms in total. The van der Waals surface area contributed by atoms with Crippen LogP contribution in [0.15, 0.2) is 42.5 Å². The number of nitrogens with zero attached hydrogens (tertiary/aromatic N) is 1. The molecule has 0 aliphatic carbocycles. The molecule has 2 aromatic rings. The van der Waals surface area contributed by atoms with E-state index in [1.54, 1.807) is 17.0 Å². The van der Waals surface area contributed by atoms with Crippen molar-refractivity contribution in [3.8, 4) is 5.75 Å². The first-order valence-electron chi connectivity index (χ1n) is 9.57. The number of anilines is 1. The maximum absolute atomic E-state index is 12.5. The lowest BCUT2D eigenvalue weighted by Gasteiger charge is -2.20. The molecule has 1 atom stereocenters. The van der Waals surface area contributed by atoms with Gasteiger partial charge in [0.15, 0.2) is 6.61 Å². The number of benzene rings is 2. The third kappa shape index (κ3) is 5.31. The summed E-state index contributed by atoms with van der Waals surface area (Å²) in [4.78, 5) is 26.6. The highest BCUT2D eigenvalue weighted by molar-refractivity contribution is 6.00. The van der Waals surface area contributed by atoms with E-state index in [1.165, 1.54) is 12.1 Å². The number of ether oxygens (including phenoxy) is 1. The van der Waals surface area contributed by atoms with E-state index in [0.29, 0.717) is 6.54 Å². The van der Waals surface area contributed by atoms with Crippen molar-refractivity contribution < 1.29 is 27.5 Å². The molecule has 8 heteroatoms. The van der Waals surface area contributed by atoms with Crippen LogP contribution >= 0.6 is 0 Å². The minimum Gasteiger partial charge on any atom is -0.484 e. The van der Waals surface area contributed by atoms with Gasteiger partial charge in [-0.1, -0.05) is 24.3 Å². The van der Waals surface area contributed by atoms with E-state index in [0.717, 1.165) is 22.4 Å². The summed E-state index contributed by atoms with van der Waals surface area (Å²) in [5.41, 5.74) is 3.64. The SMILES string of the molecule is Cc1cccc(N2CC(C(=O)NCc3ccc(OCC(F)(F)F)cc3)CC2=O)c1C. The zero-order valence-corrected chi connectivity index (χ0v) is 16.8. The Labute approximate surface area is 172 Å². The second-order valence-corrected chi connectivity index (χ2v) is 7.39. The second kappa shape index (κ2) is 8.77. The molecule has 1 aliphatic rings. The zero-order chi connectivity index (χ0) is 21.9. The summed E-state index contributed by atoms with van der Waals surface area (Å²) in [7, 11) is 0. The Morgan fingerprint density at radius 3 is 2.53 bits per heavy atom. The van der Waals surface area contributed by atoms with E-state index in [4.69, 9.17) is 0 Å². The molecular weight excluding hydrogens is 397 g/mol. The molecule has 1 heterocycles. The summed E-state index contributed by atoms with van der Waals surface area (Å²) in [6, 6.07) is 11.8. The number of alkyl halides is 3. The van der Waals surface area contributed by atoms with Crippen molar-refractivity contribution in [3.05, 3.63) is 59.2 Å². The molecule has 0 aromatic heterocycles. The van der Waals surface area contributed by atoms with E-state index >= 15 is 0 Å². The van der Waals surface area contributed by atoms with Gasteiger partial charge in [-0.3, -0.25) is 9.59 Å². The quantitative estimate of drug-likeness (QED) is 0.771. The summed E-state index contributed by atoms with van der Waals surface area (Å²) in [5, 5.41) is 2.80. The number of rotatable bonds is 6. The van der Waals surface area contributed by atoms with Crippen molar-refractivity contribution in [2.45, 2.75) is 33.0 Å². The molecule has 0 spiro atoms. The summed E-state index contributed by atoms with van der Waals surface area (Å²) < 4.78 is 41.2.